The molecule has 0 heterocycles. The molecule has 0 amide bonds. The van der Waals surface area contributed by atoms with Crippen LogP contribution in [0.4, 0.5) is 0 Å². The first kappa shape index (κ1) is 27.7. The summed E-state index contributed by atoms with van der Waals surface area (Å²) in [6.45, 7) is 11.4. The lowest BCUT2D eigenvalue weighted by atomic mass is 9.88. The quantitative estimate of drug-likeness (QED) is 0.120. The molecule has 168 valence electrons. The predicted octanol–water partition coefficient (Wildman–Crippen LogP) is 10.8. The highest BCUT2D eigenvalue weighted by Crippen LogP contribution is 2.25. The average molecular weight is 393 g/mol. The van der Waals surface area contributed by atoms with Crippen LogP contribution in [0.15, 0.2) is 12.2 Å². The summed E-state index contributed by atoms with van der Waals surface area (Å²) in [6, 6.07) is 0. The Morgan fingerprint density at radius 3 is 1.25 bits per heavy atom. The minimum atomic E-state index is 0.795. The van der Waals surface area contributed by atoms with Gasteiger partial charge in [-0.2, -0.15) is 0 Å². The van der Waals surface area contributed by atoms with Gasteiger partial charge in [-0.25, -0.2) is 0 Å². The second kappa shape index (κ2) is 23.0. The number of hydrogen-bond acceptors (Lipinski definition) is 0. The smallest absolute Gasteiger partial charge is 0.0209 e. The van der Waals surface area contributed by atoms with Crippen molar-refractivity contribution in [3.8, 4) is 0 Å². The summed E-state index contributed by atoms with van der Waals surface area (Å²) in [5.41, 5.74) is 1.56. The Kier molecular flexibility index (Phi) is 22.8. The molecule has 28 heavy (non-hydrogen) atoms. The van der Waals surface area contributed by atoms with E-state index < -0.39 is 0 Å². The molecule has 0 aliphatic carbocycles. The Morgan fingerprint density at radius 2 is 0.857 bits per heavy atom. The maximum absolute atomic E-state index is 4.45. The number of hydrogen-bond donors (Lipinski definition) is 0. The van der Waals surface area contributed by atoms with Gasteiger partial charge in [0.25, 0.3) is 0 Å². The Hall–Kier alpha value is -0.260. The minimum Gasteiger partial charge on any atom is -0.0996 e. The van der Waals surface area contributed by atoms with Crippen LogP contribution >= 0.6 is 0 Å². The highest BCUT2D eigenvalue weighted by molar-refractivity contribution is 5.00. The molecule has 0 bridgehead atoms. The van der Waals surface area contributed by atoms with Gasteiger partial charge < -0.3 is 0 Å². The van der Waals surface area contributed by atoms with Crippen molar-refractivity contribution in [1.82, 2.24) is 0 Å². The molecule has 0 fully saturated rings. The van der Waals surface area contributed by atoms with Crippen LogP contribution in [0, 0.1) is 5.92 Å². The van der Waals surface area contributed by atoms with Crippen LogP contribution < -0.4 is 0 Å². The van der Waals surface area contributed by atoms with E-state index in [0.717, 1.165) is 5.92 Å². The van der Waals surface area contributed by atoms with Gasteiger partial charge in [0.2, 0.25) is 0 Å². The zero-order chi connectivity index (χ0) is 20.7. The first-order valence-corrected chi connectivity index (χ1v) is 13.4. The lowest BCUT2D eigenvalue weighted by molar-refractivity contribution is 0.471. The van der Waals surface area contributed by atoms with E-state index in [-0.39, 0.29) is 0 Å². The molecule has 1 unspecified atom stereocenters. The third-order valence-corrected chi connectivity index (χ3v) is 6.58. The van der Waals surface area contributed by atoms with Crippen LogP contribution in [0.1, 0.15) is 162 Å². The van der Waals surface area contributed by atoms with E-state index in [1.807, 2.05) is 0 Å². The molecular formula is C28H56. The highest BCUT2D eigenvalue weighted by atomic mass is 14.2. The SMILES string of the molecule is C=C(CCCCCCCCCCCCCC)C(CC)CCCCCCCCC. The van der Waals surface area contributed by atoms with E-state index in [9.17, 15) is 0 Å². The molecule has 0 aromatic heterocycles. The molecule has 1 atom stereocenters. The van der Waals surface area contributed by atoms with Crippen LogP contribution in [0.5, 0.6) is 0 Å². The fourth-order valence-corrected chi connectivity index (χ4v) is 4.44. The van der Waals surface area contributed by atoms with Gasteiger partial charge in [-0.3, -0.25) is 0 Å². The summed E-state index contributed by atoms with van der Waals surface area (Å²) in [4.78, 5) is 0. The van der Waals surface area contributed by atoms with Gasteiger partial charge in [-0.1, -0.05) is 148 Å². The summed E-state index contributed by atoms with van der Waals surface area (Å²) >= 11 is 0. The summed E-state index contributed by atoms with van der Waals surface area (Å²) < 4.78 is 0. The topological polar surface area (TPSA) is 0 Å². The Bertz CT molecular complexity index is 303. The number of unbranched alkanes of at least 4 members (excludes halogenated alkanes) is 17. The van der Waals surface area contributed by atoms with E-state index in [4.69, 9.17) is 0 Å². The van der Waals surface area contributed by atoms with Crippen LogP contribution in [-0.4, -0.2) is 0 Å². The summed E-state index contributed by atoms with van der Waals surface area (Å²) in [6.07, 6.45) is 31.2. The Labute approximate surface area is 180 Å². The average Bonchev–Trinajstić information content (AvgIpc) is 2.70. The van der Waals surface area contributed by atoms with Gasteiger partial charge in [-0.15, -0.1) is 0 Å². The molecule has 0 aliphatic rings. The van der Waals surface area contributed by atoms with Crippen LogP contribution in [-0.2, 0) is 0 Å². The lowest BCUT2D eigenvalue weighted by Crippen LogP contribution is -2.02. The van der Waals surface area contributed by atoms with Crippen molar-refractivity contribution in [2.75, 3.05) is 0 Å². The molecule has 0 radical (unpaired) electrons. The van der Waals surface area contributed by atoms with Crippen molar-refractivity contribution in [2.45, 2.75) is 162 Å². The van der Waals surface area contributed by atoms with Gasteiger partial charge in [0, 0.05) is 0 Å². The van der Waals surface area contributed by atoms with Crippen molar-refractivity contribution in [1.29, 1.82) is 0 Å². The maximum Gasteiger partial charge on any atom is -0.0209 e. The van der Waals surface area contributed by atoms with Crippen molar-refractivity contribution in [2.24, 2.45) is 5.92 Å². The van der Waals surface area contributed by atoms with Crippen LogP contribution in [0.3, 0.4) is 0 Å². The van der Waals surface area contributed by atoms with Gasteiger partial charge in [-0.05, 0) is 31.6 Å². The lowest BCUT2D eigenvalue weighted by Gasteiger charge is -2.18. The predicted molar refractivity (Wildman–Crippen MR) is 131 cm³/mol. The van der Waals surface area contributed by atoms with Crippen molar-refractivity contribution in [3.63, 3.8) is 0 Å². The second-order valence-electron chi connectivity index (χ2n) is 9.31. The normalized spacial score (nSPS) is 12.4. The fraction of sp³-hybridized carbons (Fsp3) is 0.929. The minimum absolute atomic E-state index is 0.795. The van der Waals surface area contributed by atoms with Crippen molar-refractivity contribution in [3.05, 3.63) is 12.2 Å². The fourth-order valence-electron chi connectivity index (χ4n) is 4.44. The first-order valence-electron chi connectivity index (χ1n) is 13.4. The summed E-state index contributed by atoms with van der Waals surface area (Å²) in [5.74, 6) is 0.795. The molecule has 0 aromatic rings. The van der Waals surface area contributed by atoms with Crippen molar-refractivity contribution >= 4 is 0 Å². The van der Waals surface area contributed by atoms with Gasteiger partial charge in [0.05, 0.1) is 0 Å². The molecule has 0 saturated carbocycles. The van der Waals surface area contributed by atoms with Gasteiger partial charge in [0.1, 0.15) is 0 Å². The summed E-state index contributed by atoms with van der Waals surface area (Å²) in [5, 5.41) is 0. The van der Waals surface area contributed by atoms with E-state index in [2.05, 4.69) is 27.4 Å². The van der Waals surface area contributed by atoms with E-state index in [1.165, 1.54) is 141 Å². The van der Waals surface area contributed by atoms with Crippen LogP contribution in [0.25, 0.3) is 0 Å². The maximum atomic E-state index is 4.45. The van der Waals surface area contributed by atoms with Crippen molar-refractivity contribution < 1.29 is 0 Å². The standard InChI is InChI=1S/C28H56/c1-5-8-10-12-14-15-16-17-18-20-21-23-25-27(4)28(7-3)26-24-22-19-13-11-9-6-2/h28H,4-26H2,1-3H3. The first-order chi connectivity index (χ1) is 13.8. The second-order valence-corrected chi connectivity index (χ2v) is 9.31. The van der Waals surface area contributed by atoms with Gasteiger partial charge in [0.15, 0.2) is 0 Å². The van der Waals surface area contributed by atoms with E-state index in [1.54, 1.807) is 5.57 Å². The zero-order valence-corrected chi connectivity index (χ0v) is 20.3. The third-order valence-electron chi connectivity index (χ3n) is 6.58. The van der Waals surface area contributed by atoms with Crippen LogP contribution in [0.2, 0.25) is 0 Å². The van der Waals surface area contributed by atoms with E-state index in [0.29, 0.717) is 0 Å². The molecule has 0 aromatic carbocycles. The Balaban J connectivity index is 3.45. The molecule has 0 rings (SSSR count). The number of rotatable bonds is 23. The zero-order valence-electron chi connectivity index (χ0n) is 20.3. The molecular weight excluding hydrogens is 336 g/mol. The molecule has 0 spiro atoms. The molecule has 0 N–H and O–H groups in total. The highest BCUT2D eigenvalue weighted by Gasteiger charge is 2.10. The monoisotopic (exact) mass is 392 g/mol. The van der Waals surface area contributed by atoms with Gasteiger partial charge >= 0.3 is 0 Å². The molecule has 0 aliphatic heterocycles. The summed E-state index contributed by atoms with van der Waals surface area (Å²) in [7, 11) is 0. The molecule has 0 saturated heterocycles. The largest absolute Gasteiger partial charge is 0.0996 e. The molecule has 0 heteroatoms. The molecule has 0 nitrogen and oxygen atoms in total. The van der Waals surface area contributed by atoms with E-state index >= 15 is 0 Å². The number of allylic oxidation sites excluding steroid dienone is 1. The third kappa shape index (κ3) is 19.1. The Morgan fingerprint density at radius 1 is 0.500 bits per heavy atom.